The van der Waals surface area contributed by atoms with E-state index in [2.05, 4.69) is 0 Å². The van der Waals surface area contributed by atoms with Crippen LogP contribution in [0.25, 0.3) is 10.8 Å². The van der Waals surface area contributed by atoms with Crippen molar-refractivity contribution in [2.75, 3.05) is 27.4 Å². The topological polar surface area (TPSA) is 48.0 Å². The Morgan fingerprint density at radius 2 is 1.66 bits per heavy atom. The fourth-order valence-corrected chi connectivity index (χ4v) is 3.92. The highest BCUT2D eigenvalue weighted by Gasteiger charge is 2.23. The molecule has 1 aliphatic heterocycles. The Labute approximate surface area is 174 Å². The van der Waals surface area contributed by atoms with Crippen LogP contribution in [0.4, 0.5) is 0 Å². The van der Waals surface area contributed by atoms with Crippen molar-refractivity contribution < 1.29 is 19.0 Å². The van der Waals surface area contributed by atoms with Gasteiger partial charge in [-0.1, -0.05) is 35.9 Å². The summed E-state index contributed by atoms with van der Waals surface area (Å²) in [6.07, 6.45) is 0.769. The molecular weight excluding hydrogens is 390 g/mol. The zero-order chi connectivity index (χ0) is 20.4. The molecule has 150 valence electrons. The first-order valence-corrected chi connectivity index (χ1v) is 9.80. The Balaban J connectivity index is 1.47. The van der Waals surface area contributed by atoms with Gasteiger partial charge >= 0.3 is 0 Å². The molecule has 0 aliphatic carbocycles. The van der Waals surface area contributed by atoms with Crippen molar-refractivity contribution in [1.29, 1.82) is 0 Å². The summed E-state index contributed by atoms with van der Waals surface area (Å²) in [6.45, 7) is 1.15. The van der Waals surface area contributed by atoms with Crippen LogP contribution in [-0.4, -0.2) is 38.2 Å². The number of hydrogen-bond acceptors (Lipinski definition) is 4. The second-order valence-electron chi connectivity index (χ2n) is 6.92. The minimum Gasteiger partial charge on any atom is -0.493 e. The van der Waals surface area contributed by atoms with Crippen molar-refractivity contribution in [2.24, 2.45) is 0 Å². The SMILES string of the molecule is COc1cc2c(cc1OC)CN(C(=O)COc1ccc(Cl)c3ccccc13)CC2. The van der Waals surface area contributed by atoms with Gasteiger partial charge in [-0.3, -0.25) is 4.79 Å². The van der Waals surface area contributed by atoms with Gasteiger partial charge in [0, 0.05) is 28.9 Å². The normalized spacial score (nSPS) is 13.1. The van der Waals surface area contributed by atoms with E-state index in [9.17, 15) is 4.79 Å². The lowest BCUT2D eigenvalue weighted by atomic mass is 9.99. The number of amides is 1. The van der Waals surface area contributed by atoms with E-state index in [4.69, 9.17) is 25.8 Å². The summed E-state index contributed by atoms with van der Waals surface area (Å²) in [7, 11) is 3.24. The first-order valence-electron chi connectivity index (χ1n) is 9.42. The molecule has 6 heteroatoms. The van der Waals surface area contributed by atoms with Gasteiger partial charge in [-0.15, -0.1) is 0 Å². The number of hydrogen-bond donors (Lipinski definition) is 0. The van der Waals surface area contributed by atoms with Gasteiger partial charge in [-0.25, -0.2) is 0 Å². The summed E-state index contributed by atoms with van der Waals surface area (Å²) in [6, 6.07) is 15.3. The van der Waals surface area contributed by atoms with E-state index in [0.29, 0.717) is 35.4 Å². The molecule has 0 bridgehead atoms. The molecule has 0 radical (unpaired) electrons. The van der Waals surface area contributed by atoms with E-state index < -0.39 is 0 Å². The second kappa shape index (κ2) is 8.21. The Hall–Kier alpha value is -2.92. The van der Waals surface area contributed by atoms with Gasteiger partial charge in [0.2, 0.25) is 0 Å². The van der Waals surface area contributed by atoms with E-state index >= 15 is 0 Å². The van der Waals surface area contributed by atoms with Crippen LogP contribution < -0.4 is 14.2 Å². The van der Waals surface area contributed by atoms with Gasteiger partial charge in [0.05, 0.1) is 14.2 Å². The highest BCUT2D eigenvalue weighted by Crippen LogP contribution is 2.34. The molecule has 0 N–H and O–H groups in total. The summed E-state index contributed by atoms with van der Waals surface area (Å²) in [5, 5.41) is 2.47. The van der Waals surface area contributed by atoms with E-state index in [-0.39, 0.29) is 12.5 Å². The quantitative estimate of drug-likeness (QED) is 0.621. The minimum absolute atomic E-state index is 0.0196. The van der Waals surface area contributed by atoms with Crippen LogP contribution in [0.5, 0.6) is 17.2 Å². The van der Waals surface area contributed by atoms with Crippen LogP contribution in [0.2, 0.25) is 5.02 Å². The average molecular weight is 412 g/mol. The number of nitrogens with zero attached hydrogens (tertiary/aromatic N) is 1. The molecule has 0 aromatic heterocycles. The summed E-state index contributed by atoms with van der Waals surface area (Å²) >= 11 is 6.26. The fourth-order valence-electron chi connectivity index (χ4n) is 3.69. The van der Waals surface area contributed by atoms with Gasteiger partial charge in [0.15, 0.2) is 18.1 Å². The number of rotatable bonds is 5. The van der Waals surface area contributed by atoms with Crippen LogP contribution in [0.3, 0.4) is 0 Å². The number of benzene rings is 3. The lowest BCUT2D eigenvalue weighted by molar-refractivity contribution is -0.134. The molecule has 0 spiro atoms. The van der Waals surface area contributed by atoms with E-state index in [1.54, 1.807) is 26.4 Å². The smallest absolute Gasteiger partial charge is 0.260 e. The molecule has 0 saturated carbocycles. The van der Waals surface area contributed by atoms with Crippen LogP contribution in [0.1, 0.15) is 11.1 Å². The van der Waals surface area contributed by atoms with E-state index in [1.807, 2.05) is 41.3 Å². The van der Waals surface area contributed by atoms with Gasteiger partial charge in [-0.2, -0.15) is 0 Å². The third-order valence-electron chi connectivity index (χ3n) is 5.25. The predicted octanol–water partition coefficient (Wildman–Crippen LogP) is 4.47. The van der Waals surface area contributed by atoms with Crippen LogP contribution in [-0.2, 0) is 17.8 Å². The van der Waals surface area contributed by atoms with Crippen LogP contribution in [0.15, 0.2) is 48.5 Å². The zero-order valence-electron chi connectivity index (χ0n) is 16.4. The maximum atomic E-state index is 12.8. The number of fused-ring (bicyclic) bond motifs is 2. The van der Waals surface area contributed by atoms with Gasteiger partial charge < -0.3 is 19.1 Å². The monoisotopic (exact) mass is 411 g/mol. The molecule has 0 fully saturated rings. The van der Waals surface area contributed by atoms with Crippen molar-refractivity contribution in [3.8, 4) is 17.2 Å². The molecule has 1 heterocycles. The van der Waals surface area contributed by atoms with Gasteiger partial charge in [-0.05, 0) is 41.8 Å². The first kappa shape index (κ1) is 19.4. The summed E-state index contributed by atoms with van der Waals surface area (Å²) < 4.78 is 16.6. The predicted molar refractivity (Wildman–Crippen MR) is 113 cm³/mol. The maximum absolute atomic E-state index is 12.8. The Morgan fingerprint density at radius 3 is 2.38 bits per heavy atom. The molecular formula is C23H22ClNO4. The van der Waals surface area contributed by atoms with Crippen molar-refractivity contribution in [2.45, 2.75) is 13.0 Å². The molecule has 4 rings (SSSR count). The fraction of sp³-hybridized carbons (Fsp3) is 0.261. The highest BCUT2D eigenvalue weighted by atomic mass is 35.5. The van der Waals surface area contributed by atoms with Crippen molar-refractivity contribution >= 4 is 28.3 Å². The molecule has 29 heavy (non-hydrogen) atoms. The Morgan fingerprint density at radius 1 is 0.966 bits per heavy atom. The molecule has 1 amide bonds. The van der Waals surface area contributed by atoms with E-state index in [0.717, 1.165) is 22.8 Å². The van der Waals surface area contributed by atoms with Crippen molar-refractivity contribution in [3.63, 3.8) is 0 Å². The molecule has 3 aromatic carbocycles. The number of ether oxygens (including phenoxy) is 3. The molecule has 1 aliphatic rings. The van der Waals surface area contributed by atoms with E-state index in [1.165, 1.54) is 5.56 Å². The number of carbonyl (C=O) groups is 1. The van der Waals surface area contributed by atoms with Crippen molar-refractivity contribution in [3.05, 3.63) is 64.7 Å². The van der Waals surface area contributed by atoms with Crippen LogP contribution in [0, 0.1) is 0 Å². The lowest BCUT2D eigenvalue weighted by Crippen LogP contribution is -2.38. The first-order chi connectivity index (χ1) is 14.1. The largest absolute Gasteiger partial charge is 0.493 e. The zero-order valence-corrected chi connectivity index (χ0v) is 17.2. The molecule has 0 atom stereocenters. The molecule has 0 saturated heterocycles. The minimum atomic E-state index is -0.0514. The number of carbonyl (C=O) groups excluding carboxylic acids is 1. The standard InChI is InChI=1S/C23H22ClNO4/c1-27-21-11-15-9-10-25(13-16(15)12-22(21)28-2)23(26)14-29-20-8-7-19(24)17-5-3-4-6-18(17)20/h3-8,11-12H,9-10,13-14H2,1-2H3. The summed E-state index contributed by atoms with van der Waals surface area (Å²) in [5.41, 5.74) is 2.25. The summed E-state index contributed by atoms with van der Waals surface area (Å²) in [5.74, 6) is 1.99. The molecule has 5 nitrogen and oxygen atoms in total. The molecule has 3 aromatic rings. The van der Waals surface area contributed by atoms with Gasteiger partial charge in [0.1, 0.15) is 5.75 Å². The highest BCUT2D eigenvalue weighted by molar-refractivity contribution is 6.35. The molecule has 0 unspecified atom stereocenters. The van der Waals surface area contributed by atoms with Crippen molar-refractivity contribution in [1.82, 2.24) is 4.90 Å². The number of methoxy groups -OCH3 is 2. The second-order valence-corrected chi connectivity index (χ2v) is 7.33. The lowest BCUT2D eigenvalue weighted by Gasteiger charge is -2.29. The number of halogens is 1. The third kappa shape index (κ3) is 3.83. The van der Waals surface area contributed by atoms with Crippen LogP contribution >= 0.6 is 11.6 Å². The summed E-state index contributed by atoms with van der Waals surface area (Å²) in [4.78, 5) is 14.6. The Kier molecular flexibility index (Phi) is 5.49. The Bertz CT molecular complexity index is 1070. The third-order valence-corrected chi connectivity index (χ3v) is 5.58. The maximum Gasteiger partial charge on any atom is 0.260 e. The van der Waals surface area contributed by atoms with Gasteiger partial charge in [0.25, 0.3) is 5.91 Å². The average Bonchev–Trinajstić information content (AvgIpc) is 2.77.